The SMILES string of the molecule is CC(C)CN1N=C(O[C@@H]2c3cc(C#N)ccc3OC(C)(C)[C@H]2O)[C@H]2C[C@H]2C1=O. The number of benzene rings is 1. The van der Waals surface area contributed by atoms with Crippen molar-refractivity contribution in [3.05, 3.63) is 29.3 Å². The zero-order valence-electron chi connectivity index (χ0n) is 16.5. The zero-order valence-corrected chi connectivity index (χ0v) is 16.5. The Balaban J connectivity index is 1.69. The number of hydrogen-bond acceptors (Lipinski definition) is 6. The second kappa shape index (κ2) is 6.49. The number of hydrogen-bond donors (Lipinski definition) is 1. The summed E-state index contributed by atoms with van der Waals surface area (Å²) in [5.74, 6) is 1.29. The molecular formula is C21H25N3O4. The number of nitriles is 1. The van der Waals surface area contributed by atoms with Gasteiger partial charge in [0.15, 0.2) is 6.10 Å². The van der Waals surface area contributed by atoms with Crippen LogP contribution in [0.5, 0.6) is 5.75 Å². The summed E-state index contributed by atoms with van der Waals surface area (Å²) in [6.45, 7) is 8.20. The van der Waals surface area contributed by atoms with Gasteiger partial charge < -0.3 is 14.6 Å². The maximum Gasteiger partial charge on any atom is 0.246 e. The van der Waals surface area contributed by atoms with E-state index >= 15 is 0 Å². The summed E-state index contributed by atoms with van der Waals surface area (Å²) in [5.41, 5.74) is 0.227. The highest BCUT2D eigenvalue weighted by Crippen LogP contribution is 2.48. The number of rotatable bonds is 3. The lowest BCUT2D eigenvalue weighted by Gasteiger charge is -2.42. The molecule has 7 heteroatoms. The van der Waals surface area contributed by atoms with Gasteiger partial charge in [0.1, 0.15) is 17.5 Å². The maximum atomic E-state index is 12.4. The number of carbonyl (C=O) groups is 1. The van der Waals surface area contributed by atoms with Gasteiger partial charge in [0, 0.05) is 18.0 Å². The molecule has 4 rings (SSSR count). The molecule has 1 saturated carbocycles. The molecule has 1 aromatic carbocycles. The molecule has 0 spiro atoms. The first-order chi connectivity index (χ1) is 13.2. The molecule has 1 aliphatic carbocycles. The van der Waals surface area contributed by atoms with Crippen LogP contribution in [0.4, 0.5) is 0 Å². The van der Waals surface area contributed by atoms with Gasteiger partial charge in [-0.25, -0.2) is 5.01 Å². The van der Waals surface area contributed by atoms with Crippen molar-refractivity contribution in [2.75, 3.05) is 6.54 Å². The first-order valence-electron chi connectivity index (χ1n) is 9.69. The second-order valence-corrected chi connectivity index (χ2v) is 8.75. The molecule has 3 aliphatic rings. The van der Waals surface area contributed by atoms with Crippen LogP contribution in [0.3, 0.4) is 0 Å². The van der Waals surface area contributed by atoms with E-state index in [1.807, 2.05) is 13.8 Å². The van der Waals surface area contributed by atoms with E-state index in [0.717, 1.165) is 6.42 Å². The zero-order chi connectivity index (χ0) is 20.2. The number of aliphatic hydroxyl groups excluding tert-OH is 1. The van der Waals surface area contributed by atoms with Crippen LogP contribution in [0.2, 0.25) is 0 Å². The number of ether oxygens (including phenoxy) is 2. The Morgan fingerprint density at radius 3 is 2.86 bits per heavy atom. The molecule has 2 aliphatic heterocycles. The summed E-state index contributed by atoms with van der Waals surface area (Å²) < 4.78 is 12.2. The Hall–Kier alpha value is -2.59. The number of fused-ring (bicyclic) bond motifs is 2. The van der Waals surface area contributed by atoms with Crippen LogP contribution >= 0.6 is 0 Å². The van der Waals surface area contributed by atoms with E-state index in [9.17, 15) is 15.2 Å². The lowest BCUT2D eigenvalue weighted by Crippen LogP contribution is -2.50. The average molecular weight is 383 g/mol. The molecule has 0 saturated heterocycles. The van der Waals surface area contributed by atoms with Crippen LogP contribution in [-0.4, -0.2) is 40.2 Å². The molecule has 28 heavy (non-hydrogen) atoms. The third-order valence-electron chi connectivity index (χ3n) is 5.50. The highest BCUT2D eigenvalue weighted by molar-refractivity contribution is 5.96. The highest BCUT2D eigenvalue weighted by Gasteiger charge is 2.55. The first kappa shape index (κ1) is 18.8. The molecule has 2 heterocycles. The normalized spacial score (nSPS) is 30.0. The predicted octanol–water partition coefficient (Wildman–Crippen LogP) is 2.60. The molecule has 0 unspecified atom stereocenters. The average Bonchev–Trinajstić information content (AvgIpc) is 3.43. The highest BCUT2D eigenvalue weighted by atomic mass is 16.5. The number of nitrogens with zero attached hydrogens (tertiary/aromatic N) is 3. The lowest BCUT2D eigenvalue weighted by atomic mass is 9.87. The van der Waals surface area contributed by atoms with Gasteiger partial charge in [0.05, 0.1) is 17.6 Å². The molecule has 7 nitrogen and oxygen atoms in total. The van der Waals surface area contributed by atoms with Crippen LogP contribution in [0.1, 0.15) is 51.3 Å². The molecule has 1 fully saturated rings. The van der Waals surface area contributed by atoms with Crippen molar-refractivity contribution in [2.45, 2.75) is 51.9 Å². The molecule has 0 bridgehead atoms. The minimum Gasteiger partial charge on any atom is -0.485 e. The Kier molecular flexibility index (Phi) is 4.35. The molecule has 0 aromatic heterocycles. The molecule has 1 N–H and O–H groups in total. The summed E-state index contributed by atoms with van der Waals surface area (Å²) in [5, 5.41) is 26.2. The van der Waals surface area contributed by atoms with Crippen molar-refractivity contribution in [2.24, 2.45) is 22.9 Å². The van der Waals surface area contributed by atoms with Crippen LogP contribution in [0.15, 0.2) is 23.3 Å². The quantitative estimate of drug-likeness (QED) is 0.866. The van der Waals surface area contributed by atoms with Crippen molar-refractivity contribution in [1.82, 2.24) is 5.01 Å². The Morgan fingerprint density at radius 1 is 1.43 bits per heavy atom. The van der Waals surface area contributed by atoms with Gasteiger partial charge in [-0.05, 0) is 44.4 Å². The van der Waals surface area contributed by atoms with Crippen molar-refractivity contribution >= 4 is 11.8 Å². The first-order valence-corrected chi connectivity index (χ1v) is 9.69. The number of aliphatic hydroxyl groups is 1. The summed E-state index contributed by atoms with van der Waals surface area (Å²) in [7, 11) is 0. The standard InChI is InChI=1S/C21H25N3O4/c1-11(2)10-24-20(26)14-8-13(14)19(23-24)27-17-15-7-12(9-22)5-6-16(15)28-21(3,4)18(17)25/h5-7,11,13-14,17-18,25H,8,10H2,1-4H3/t13-,14+,17+,18-/m0/s1. The van der Waals surface area contributed by atoms with E-state index in [1.165, 1.54) is 5.01 Å². The van der Waals surface area contributed by atoms with Crippen LogP contribution in [0, 0.1) is 29.1 Å². The van der Waals surface area contributed by atoms with Crippen LogP contribution in [-0.2, 0) is 9.53 Å². The van der Waals surface area contributed by atoms with E-state index < -0.39 is 17.8 Å². The van der Waals surface area contributed by atoms with Gasteiger partial charge >= 0.3 is 0 Å². The van der Waals surface area contributed by atoms with Crippen LogP contribution < -0.4 is 4.74 Å². The fourth-order valence-corrected chi connectivity index (χ4v) is 3.83. The summed E-state index contributed by atoms with van der Waals surface area (Å²) in [6, 6.07) is 7.21. The predicted molar refractivity (Wildman–Crippen MR) is 101 cm³/mol. The van der Waals surface area contributed by atoms with E-state index in [2.05, 4.69) is 11.2 Å². The van der Waals surface area contributed by atoms with Gasteiger partial charge in [0.25, 0.3) is 0 Å². The lowest BCUT2D eigenvalue weighted by molar-refractivity contribution is -0.135. The van der Waals surface area contributed by atoms with E-state index in [0.29, 0.717) is 29.3 Å². The molecular weight excluding hydrogens is 358 g/mol. The third-order valence-corrected chi connectivity index (χ3v) is 5.50. The third kappa shape index (κ3) is 3.12. The summed E-state index contributed by atoms with van der Waals surface area (Å²) >= 11 is 0. The Labute approximate surface area is 164 Å². The molecule has 0 radical (unpaired) electrons. The van der Waals surface area contributed by atoms with Gasteiger partial charge in [0.2, 0.25) is 11.8 Å². The fourth-order valence-electron chi connectivity index (χ4n) is 3.83. The van der Waals surface area contributed by atoms with Gasteiger partial charge in [-0.15, -0.1) is 5.10 Å². The second-order valence-electron chi connectivity index (χ2n) is 8.75. The topological polar surface area (TPSA) is 95.2 Å². The van der Waals surface area contributed by atoms with Crippen molar-refractivity contribution < 1.29 is 19.4 Å². The minimum atomic E-state index is -0.954. The molecule has 148 valence electrons. The van der Waals surface area contributed by atoms with Crippen molar-refractivity contribution in [3.63, 3.8) is 0 Å². The Morgan fingerprint density at radius 2 is 2.18 bits per heavy atom. The van der Waals surface area contributed by atoms with Gasteiger partial charge in [-0.1, -0.05) is 13.8 Å². The summed E-state index contributed by atoms with van der Waals surface area (Å²) in [4.78, 5) is 12.4. The Bertz CT molecular complexity index is 886. The fraction of sp³-hybridized carbons (Fsp3) is 0.571. The smallest absolute Gasteiger partial charge is 0.246 e. The maximum absolute atomic E-state index is 12.4. The van der Waals surface area contributed by atoms with Gasteiger partial charge in [-0.3, -0.25) is 4.79 Å². The molecule has 4 atom stereocenters. The number of amides is 1. The van der Waals surface area contributed by atoms with E-state index in [1.54, 1.807) is 32.0 Å². The summed E-state index contributed by atoms with van der Waals surface area (Å²) in [6.07, 6.45) is -0.953. The van der Waals surface area contributed by atoms with Gasteiger partial charge in [-0.2, -0.15) is 5.26 Å². The van der Waals surface area contributed by atoms with Crippen molar-refractivity contribution in [1.29, 1.82) is 5.26 Å². The number of carbonyl (C=O) groups excluding carboxylic acids is 1. The van der Waals surface area contributed by atoms with E-state index in [-0.39, 0.29) is 23.7 Å². The van der Waals surface area contributed by atoms with Crippen molar-refractivity contribution in [3.8, 4) is 11.8 Å². The minimum absolute atomic E-state index is 0.0309. The monoisotopic (exact) mass is 383 g/mol. The molecule has 1 aromatic rings. The van der Waals surface area contributed by atoms with Crippen LogP contribution in [0.25, 0.3) is 0 Å². The number of hydrazone groups is 1. The molecule has 1 amide bonds. The van der Waals surface area contributed by atoms with E-state index in [4.69, 9.17) is 9.47 Å². The largest absolute Gasteiger partial charge is 0.485 e.